The Balaban J connectivity index is 2.80. The summed E-state index contributed by atoms with van der Waals surface area (Å²) in [6.45, 7) is 2.66. The number of amides is 1. The van der Waals surface area contributed by atoms with Gasteiger partial charge < -0.3 is 15.0 Å². The van der Waals surface area contributed by atoms with Gasteiger partial charge in [-0.3, -0.25) is 4.79 Å². The molecule has 0 bridgehead atoms. The van der Waals surface area contributed by atoms with Crippen LogP contribution in [0.4, 0.5) is 0 Å². The van der Waals surface area contributed by atoms with Gasteiger partial charge in [-0.1, -0.05) is 18.5 Å². The summed E-state index contributed by atoms with van der Waals surface area (Å²) in [5.41, 5.74) is 0.396. The quantitative estimate of drug-likeness (QED) is 0.772. The number of carboxylic acids is 1. The number of carboxylic acid groups (broad SMARTS) is 1. The fourth-order valence-corrected chi connectivity index (χ4v) is 2.51. The maximum absolute atomic E-state index is 12.2. The Bertz CT molecular complexity index is 476. The van der Waals surface area contributed by atoms with E-state index in [1.165, 1.54) is 0 Å². The zero-order chi connectivity index (χ0) is 15.1. The van der Waals surface area contributed by atoms with Crippen molar-refractivity contribution in [3.8, 4) is 0 Å². The summed E-state index contributed by atoms with van der Waals surface area (Å²) >= 11 is 7.45. The van der Waals surface area contributed by atoms with Crippen LogP contribution in [-0.4, -0.2) is 39.6 Å². The van der Waals surface area contributed by atoms with Gasteiger partial charge in [0, 0.05) is 12.7 Å². The number of nitrogens with one attached hydrogen (secondary N) is 1. The lowest BCUT2D eigenvalue weighted by atomic mass is 10.2. The summed E-state index contributed by atoms with van der Waals surface area (Å²) in [6.07, 6.45) is 4.83. The van der Waals surface area contributed by atoms with E-state index in [1.807, 2.05) is 13.2 Å². The van der Waals surface area contributed by atoms with Gasteiger partial charge >= 0.3 is 5.97 Å². The molecule has 20 heavy (non-hydrogen) atoms. The van der Waals surface area contributed by atoms with Crippen molar-refractivity contribution in [1.29, 1.82) is 0 Å². The van der Waals surface area contributed by atoms with Gasteiger partial charge in [0.2, 0.25) is 0 Å². The molecule has 0 aliphatic carbocycles. The highest BCUT2D eigenvalue weighted by Crippen LogP contribution is 2.15. The van der Waals surface area contributed by atoms with Crippen molar-refractivity contribution in [3.63, 3.8) is 0 Å². The van der Waals surface area contributed by atoms with E-state index in [-0.39, 0.29) is 0 Å². The maximum atomic E-state index is 12.2. The Hall–Kier alpha value is -1.14. The first-order valence-corrected chi connectivity index (χ1v) is 8.15. The molecule has 1 atom stereocenters. The lowest BCUT2D eigenvalue weighted by Crippen LogP contribution is -2.41. The standard InChI is InChI=1S/C13H19ClN2O3S/c1-3-5-16-8-9(14)7-11(16)12(17)15-10(13(18)19)4-6-20-2/h7-8,10H,3-6H2,1-2H3,(H,15,17)(H,18,19)/t10-/m1/s1. The van der Waals surface area contributed by atoms with Crippen LogP contribution in [0.1, 0.15) is 30.3 Å². The molecule has 7 heteroatoms. The van der Waals surface area contributed by atoms with E-state index in [9.17, 15) is 9.59 Å². The lowest BCUT2D eigenvalue weighted by Gasteiger charge is -2.15. The topological polar surface area (TPSA) is 71.3 Å². The third-order valence-electron chi connectivity index (χ3n) is 2.77. The van der Waals surface area contributed by atoms with Gasteiger partial charge in [-0.2, -0.15) is 11.8 Å². The van der Waals surface area contributed by atoms with Crippen LogP contribution in [0.2, 0.25) is 5.02 Å². The predicted molar refractivity (Wildman–Crippen MR) is 81.6 cm³/mol. The molecule has 0 saturated heterocycles. The highest BCUT2D eigenvalue weighted by atomic mass is 35.5. The Morgan fingerprint density at radius 3 is 2.80 bits per heavy atom. The highest BCUT2D eigenvalue weighted by molar-refractivity contribution is 7.98. The smallest absolute Gasteiger partial charge is 0.326 e. The van der Waals surface area contributed by atoms with Crippen LogP contribution in [0.3, 0.4) is 0 Å². The highest BCUT2D eigenvalue weighted by Gasteiger charge is 2.22. The number of rotatable bonds is 8. The SMILES string of the molecule is CCCn1cc(Cl)cc1C(=O)N[C@H](CCSC)C(=O)O. The Morgan fingerprint density at radius 1 is 1.55 bits per heavy atom. The molecular weight excluding hydrogens is 300 g/mol. The minimum Gasteiger partial charge on any atom is -0.480 e. The van der Waals surface area contributed by atoms with E-state index in [0.29, 0.717) is 29.4 Å². The Kier molecular flexibility index (Phi) is 6.95. The Labute approximate surface area is 127 Å². The van der Waals surface area contributed by atoms with Gasteiger partial charge in [0.25, 0.3) is 5.91 Å². The van der Waals surface area contributed by atoms with Crippen molar-refractivity contribution in [2.75, 3.05) is 12.0 Å². The molecule has 1 aromatic rings. The zero-order valence-electron chi connectivity index (χ0n) is 11.6. The molecule has 112 valence electrons. The number of carbonyl (C=O) groups is 2. The third-order valence-corrected chi connectivity index (χ3v) is 3.63. The van der Waals surface area contributed by atoms with E-state index >= 15 is 0 Å². The lowest BCUT2D eigenvalue weighted by molar-refractivity contribution is -0.139. The van der Waals surface area contributed by atoms with Crippen LogP contribution in [-0.2, 0) is 11.3 Å². The number of nitrogens with zero attached hydrogens (tertiary/aromatic N) is 1. The number of aliphatic carboxylic acids is 1. The van der Waals surface area contributed by atoms with Crippen molar-refractivity contribution in [2.45, 2.75) is 32.4 Å². The fourth-order valence-electron chi connectivity index (χ4n) is 1.82. The van der Waals surface area contributed by atoms with Crippen molar-refractivity contribution >= 4 is 35.2 Å². The Morgan fingerprint density at radius 2 is 2.25 bits per heavy atom. The van der Waals surface area contributed by atoms with Gasteiger partial charge in [0.05, 0.1) is 5.02 Å². The first kappa shape index (κ1) is 16.9. The molecule has 0 saturated carbocycles. The van der Waals surface area contributed by atoms with E-state index in [0.717, 1.165) is 6.42 Å². The molecule has 0 radical (unpaired) electrons. The van der Waals surface area contributed by atoms with E-state index in [4.69, 9.17) is 16.7 Å². The summed E-state index contributed by atoms with van der Waals surface area (Å²) in [6, 6.07) is 0.679. The maximum Gasteiger partial charge on any atom is 0.326 e. The summed E-state index contributed by atoms with van der Waals surface area (Å²) < 4.78 is 1.74. The normalized spacial score (nSPS) is 12.2. The minimum atomic E-state index is -1.02. The fraction of sp³-hybridized carbons (Fsp3) is 0.538. The first-order chi connectivity index (χ1) is 9.49. The molecule has 1 amide bonds. The van der Waals surface area contributed by atoms with E-state index < -0.39 is 17.9 Å². The molecule has 0 fully saturated rings. The molecule has 0 spiro atoms. The number of thioether (sulfide) groups is 1. The first-order valence-electron chi connectivity index (χ1n) is 6.37. The average molecular weight is 319 g/mol. The van der Waals surface area contributed by atoms with Crippen molar-refractivity contribution in [1.82, 2.24) is 9.88 Å². The second-order valence-electron chi connectivity index (χ2n) is 4.38. The van der Waals surface area contributed by atoms with Crippen LogP contribution in [0, 0.1) is 0 Å². The van der Waals surface area contributed by atoms with Gasteiger partial charge in [0.1, 0.15) is 11.7 Å². The summed E-state index contributed by atoms with van der Waals surface area (Å²) in [4.78, 5) is 23.3. The van der Waals surface area contributed by atoms with Gasteiger partial charge in [-0.15, -0.1) is 0 Å². The molecule has 1 heterocycles. The number of hydrogen-bond acceptors (Lipinski definition) is 3. The summed E-state index contributed by atoms with van der Waals surface area (Å²) in [5, 5.41) is 12.1. The van der Waals surface area contributed by atoms with Crippen LogP contribution in [0.15, 0.2) is 12.3 Å². The minimum absolute atomic E-state index is 0.393. The van der Waals surface area contributed by atoms with Crippen LogP contribution < -0.4 is 5.32 Å². The van der Waals surface area contributed by atoms with Gasteiger partial charge in [-0.05, 0) is 30.9 Å². The second kappa shape index (κ2) is 8.21. The molecule has 0 aliphatic heterocycles. The molecule has 5 nitrogen and oxygen atoms in total. The number of aryl methyl sites for hydroxylation is 1. The summed E-state index contributed by atoms with van der Waals surface area (Å²) in [5.74, 6) is -0.750. The number of aromatic nitrogens is 1. The largest absolute Gasteiger partial charge is 0.480 e. The molecule has 0 aromatic carbocycles. The molecule has 1 aromatic heterocycles. The number of hydrogen-bond donors (Lipinski definition) is 2. The van der Waals surface area contributed by atoms with Crippen LogP contribution >= 0.6 is 23.4 Å². The molecular formula is C13H19ClN2O3S. The average Bonchev–Trinajstić information content (AvgIpc) is 2.75. The van der Waals surface area contributed by atoms with E-state index in [2.05, 4.69) is 5.32 Å². The zero-order valence-corrected chi connectivity index (χ0v) is 13.1. The molecule has 1 rings (SSSR count). The van der Waals surface area contributed by atoms with Crippen LogP contribution in [0.25, 0.3) is 0 Å². The van der Waals surface area contributed by atoms with Crippen molar-refractivity contribution in [3.05, 3.63) is 23.0 Å². The monoisotopic (exact) mass is 318 g/mol. The van der Waals surface area contributed by atoms with E-state index in [1.54, 1.807) is 28.6 Å². The number of carbonyl (C=O) groups excluding carboxylic acids is 1. The number of halogens is 1. The molecule has 2 N–H and O–H groups in total. The van der Waals surface area contributed by atoms with Gasteiger partial charge in [-0.25, -0.2) is 4.79 Å². The summed E-state index contributed by atoms with van der Waals surface area (Å²) in [7, 11) is 0. The molecule has 0 aliphatic rings. The van der Waals surface area contributed by atoms with Crippen molar-refractivity contribution in [2.24, 2.45) is 0 Å². The molecule has 0 unspecified atom stereocenters. The van der Waals surface area contributed by atoms with Crippen molar-refractivity contribution < 1.29 is 14.7 Å². The second-order valence-corrected chi connectivity index (χ2v) is 5.80. The van der Waals surface area contributed by atoms with Crippen LogP contribution in [0.5, 0.6) is 0 Å². The third kappa shape index (κ3) is 4.76. The predicted octanol–water partition coefficient (Wildman–Crippen LogP) is 2.49. The van der Waals surface area contributed by atoms with Gasteiger partial charge in [0.15, 0.2) is 0 Å².